The van der Waals surface area contributed by atoms with Gasteiger partial charge in [0.05, 0.1) is 17.8 Å². The van der Waals surface area contributed by atoms with Gasteiger partial charge in [0.25, 0.3) is 0 Å². The first-order chi connectivity index (χ1) is 12.2. The molecule has 1 N–H and O–H groups in total. The molecule has 1 aliphatic rings. The van der Waals surface area contributed by atoms with Crippen LogP contribution in [-0.4, -0.2) is 22.9 Å². The summed E-state index contributed by atoms with van der Waals surface area (Å²) in [6.07, 6.45) is 3.17. The van der Waals surface area contributed by atoms with Crippen LogP contribution in [0.15, 0.2) is 42.5 Å². The number of hydrogen-bond donors (Lipinski definition) is 1. The van der Waals surface area contributed by atoms with Gasteiger partial charge < -0.3 is 10.1 Å². The summed E-state index contributed by atoms with van der Waals surface area (Å²) in [6.45, 7) is 3.98. The molecule has 4 heteroatoms. The molecule has 1 aromatic heterocycles. The van der Waals surface area contributed by atoms with Crippen molar-refractivity contribution in [3.63, 3.8) is 0 Å². The first kappa shape index (κ1) is 16.2. The van der Waals surface area contributed by atoms with Crippen LogP contribution in [0.2, 0.25) is 0 Å². The lowest BCUT2D eigenvalue weighted by atomic mass is 10.00. The number of para-hydroxylation sites is 1. The molecule has 1 atom stereocenters. The van der Waals surface area contributed by atoms with Gasteiger partial charge in [-0.2, -0.15) is 5.10 Å². The van der Waals surface area contributed by atoms with Crippen molar-refractivity contribution in [3.05, 3.63) is 59.3 Å². The second-order valence-electron chi connectivity index (χ2n) is 6.83. The van der Waals surface area contributed by atoms with Gasteiger partial charge in [0.15, 0.2) is 0 Å². The third-order valence-electron chi connectivity index (χ3n) is 5.08. The van der Waals surface area contributed by atoms with Crippen molar-refractivity contribution < 1.29 is 4.74 Å². The quantitative estimate of drug-likeness (QED) is 0.771. The second-order valence-corrected chi connectivity index (χ2v) is 6.83. The largest absolute Gasteiger partial charge is 0.493 e. The molecule has 0 spiro atoms. The van der Waals surface area contributed by atoms with E-state index in [1.807, 2.05) is 11.7 Å². The lowest BCUT2D eigenvalue weighted by Crippen LogP contribution is -2.22. The van der Waals surface area contributed by atoms with Crippen LogP contribution in [0.1, 0.15) is 36.2 Å². The molecule has 1 unspecified atom stereocenters. The predicted molar refractivity (Wildman–Crippen MR) is 101 cm³/mol. The van der Waals surface area contributed by atoms with Crippen molar-refractivity contribution in [1.82, 2.24) is 15.1 Å². The third kappa shape index (κ3) is 3.27. The van der Waals surface area contributed by atoms with Gasteiger partial charge in [0.1, 0.15) is 5.75 Å². The molecule has 0 aliphatic carbocycles. The summed E-state index contributed by atoms with van der Waals surface area (Å²) < 4.78 is 7.68. The summed E-state index contributed by atoms with van der Waals surface area (Å²) in [6, 6.07) is 15.3. The Morgan fingerprint density at radius 2 is 2.12 bits per heavy atom. The van der Waals surface area contributed by atoms with Gasteiger partial charge in [-0.3, -0.25) is 4.68 Å². The number of hydrogen-bond acceptors (Lipinski definition) is 3. The maximum Gasteiger partial charge on any atom is 0.122 e. The Morgan fingerprint density at radius 3 is 3.04 bits per heavy atom. The maximum atomic E-state index is 5.71. The number of aryl methyl sites for hydroxylation is 2. The van der Waals surface area contributed by atoms with Crippen LogP contribution in [0.25, 0.3) is 10.9 Å². The number of aromatic nitrogens is 2. The van der Waals surface area contributed by atoms with Crippen LogP contribution < -0.4 is 10.1 Å². The molecule has 2 aromatic carbocycles. The van der Waals surface area contributed by atoms with E-state index in [9.17, 15) is 0 Å². The third-order valence-corrected chi connectivity index (χ3v) is 5.08. The molecule has 4 rings (SSSR count). The molecule has 0 radical (unpaired) electrons. The van der Waals surface area contributed by atoms with Gasteiger partial charge in [-0.1, -0.05) is 30.3 Å². The van der Waals surface area contributed by atoms with Crippen molar-refractivity contribution in [3.8, 4) is 5.75 Å². The molecule has 25 heavy (non-hydrogen) atoms. The molecular formula is C21H25N3O. The fraction of sp³-hybridized carbons (Fsp3) is 0.381. The first-order valence-electron chi connectivity index (χ1n) is 9.12. The van der Waals surface area contributed by atoms with Crippen molar-refractivity contribution in [1.29, 1.82) is 0 Å². The SMILES string of the molecule is CC(NCCc1nn(C)c2ccccc12)c1ccc2c(c1)CCCO2. The zero-order valence-corrected chi connectivity index (χ0v) is 15.0. The molecule has 3 aromatic rings. The lowest BCUT2D eigenvalue weighted by molar-refractivity contribution is 0.288. The van der Waals surface area contributed by atoms with Crippen molar-refractivity contribution in [2.24, 2.45) is 7.05 Å². The van der Waals surface area contributed by atoms with E-state index in [-0.39, 0.29) is 0 Å². The van der Waals surface area contributed by atoms with E-state index in [1.54, 1.807) is 0 Å². The molecule has 0 saturated heterocycles. The van der Waals surface area contributed by atoms with E-state index in [4.69, 9.17) is 4.74 Å². The first-order valence-corrected chi connectivity index (χ1v) is 9.12. The lowest BCUT2D eigenvalue weighted by Gasteiger charge is -2.20. The van der Waals surface area contributed by atoms with Gasteiger partial charge in [-0.05, 0) is 43.0 Å². The van der Waals surface area contributed by atoms with E-state index < -0.39 is 0 Å². The van der Waals surface area contributed by atoms with Gasteiger partial charge in [0.2, 0.25) is 0 Å². The van der Waals surface area contributed by atoms with Crippen LogP contribution >= 0.6 is 0 Å². The van der Waals surface area contributed by atoms with Gasteiger partial charge in [0, 0.05) is 31.4 Å². The van der Waals surface area contributed by atoms with Crippen molar-refractivity contribution in [2.45, 2.75) is 32.2 Å². The molecule has 1 aliphatic heterocycles. The monoisotopic (exact) mass is 335 g/mol. The van der Waals surface area contributed by atoms with E-state index in [0.717, 1.165) is 43.9 Å². The Labute approximate surface area is 148 Å². The number of nitrogens with one attached hydrogen (secondary N) is 1. The Balaban J connectivity index is 1.41. The van der Waals surface area contributed by atoms with Gasteiger partial charge in [-0.25, -0.2) is 0 Å². The fourth-order valence-corrected chi connectivity index (χ4v) is 3.65. The Kier molecular flexibility index (Phi) is 4.45. The zero-order chi connectivity index (χ0) is 17.2. The molecule has 4 nitrogen and oxygen atoms in total. The molecule has 130 valence electrons. The molecule has 0 fully saturated rings. The number of ether oxygens (including phenoxy) is 1. The van der Waals surface area contributed by atoms with Crippen LogP contribution in [0.5, 0.6) is 5.75 Å². The molecule has 0 saturated carbocycles. The van der Waals surface area contributed by atoms with E-state index in [1.165, 1.54) is 22.0 Å². The Bertz CT molecular complexity index is 884. The van der Waals surface area contributed by atoms with Crippen LogP contribution in [0.4, 0.5) is 0 Å². The van der Waals surface area contributed by atoms with Crippen LogP contribution in [0.3, 0.4) is 0 Å². The molecule has 0 bridgehead atoms. The topological polar surface area (TPSA) is 39.1 Å². The second kappa shape index (κ2) is 6.89. The summed E-state index contributed by atoms with van der Waals surface area (Å²) in [5.41, 5.74) is 5.03. The number of fused-ring (bicyclic) bond motifs is 2. The number of nitrogens with zero attached hydrogens (tertiary/aromatic N) is 2. The minimum atomic E-state index is 0.321. The van der Waals surface area contributed by atoms with Gasteiger partial charge >= 0.3 is 0 Å². The molecule has 2 heterocycles. The van der Waals surface area contributed by atoms with E-state index >= 15 is 0 Å². The van der Waals surface area contributed by atoms with Crippen molar-refractivity contribution in [2.75, 3.05) is 13.2 Å². The summed E-state index contributed by atoms with van der Waals surface area (Å²) in [7, 11) is 2.01. The fourth-order valence-electron chi connectivity index (χ4n) is 3.65. The highest BCUT2D eigenvalue weighted by Gasteiger charge is 2.13. The highest BCUT2D eigenvalue weighted by molar-refractivity contribution is 5.81. The minimum absolute atomic E-state index is 0.321. The van der Waals surface area contributed by atoms with Crippen molar-refractivity contribution >= 4 is 10.9 Å². The average Bonchev–Trinajstić information content (AvgIpc) is 2.97. The minimum Gasteiger partial charge on any atom is -0.493 e. The Morgan fingerprint density at radius 1 is 1.24 bits per heavy atom. The Hall–Kier alpha value is -2.33. The highest BCUT2D eigenvalue weighted by Crippen LogP contribution is 2.27. The van der Waals surface area contributed by atoms with Crippen LogP contribution in [-0.2, 0) is 19.9 Å². The normalized spacial score (nSPS) is 15.0. The van der Waals surface area contributed by atoms with Crippen LogP contribution in [0, 0.1) is 0 Å². The summed E-state index contributed by atoms with van der Waals surface area (Å²) >= 11 is 0. The maximum absolute atomic E-state index is 5.71. The number of rotatable bonds is 5. The number of benzene rings is 2. The average molecular weight is 335 g/mol. The smallest absolute Gasteiger partial charge is 0.122 e. The molecule has 0 amide bonds. The predicted octanol–water partition coefficient (Wildman–Crippen LogP) is 3.79. The zero-order valence-electron chi connectivity index (χ0n) is 15.0. The summed E-state index contributed by atoms with van der Waals surface area (Å²) in [5.74, 6) is 1.06. The van der Waals surface area contributed by atoms with E-state index in [0.29, 0.717) is 6.04 Å². The summed E-state index contributed by atoms with van der Waals surface area (Å²) in [5, 5.41) is 9.57. The summed E-state index contributed by atoms with van der Waals surface area (Å²) in [4.78, 5) is 0. The molecular weight excluding hydrogens is 310 g/mol. The van der Waals surface area contributed by atoms with E-state index in [2.05, 4.69) is 59.8 Å². The van der Waals surface area contributed by atoms with Gasteiger partial charge in [-0.15, -0.1) is 0 Å². The highest BCUT2D eigenvalue weighted by atomic mass is 16.5. The standard InChI is InChI=1S/C21H25N3O/c1-15(16-9-10-21-17(14-16)6-5-13-25-21)22-12-11-19-18-7-3-4-8-20(18)24(2)23-19/h3-4,7-10,14-15,22H,5-6,11-13H2,1-2H3.